The second-order valence-corrected chi connectivity index (χ2v) is 11.5. The molecule has 7 heteroatoms. The van der Waals surface area contributed by atoms with E-state index in [2.05, 4.69) is 37.4 Å². The number of rotatable bonds is 10. The number of thiophene rings is 1. The molecule has 6 nitrogen and oxygen atoms in total. The van der Waals surface area contributed by atoms with Crippen LogP contribution in [0.3, 0.4) is 0 Å². The van der Waals surface area contributed by atoms with Gasteiger partial charge in [0.15, 0.2) is 0 Å². The predicted molar refractivity (Wildman–Crippen MR) is 150 cm³/mol. The summed E-state index contributed by atoms with van der Waals surface area (Å²) in [5, 5.41) is 2.09. The number of benzene rings is 2. The Hall–Kier alpha value is -3.32. The first-order valence-electron chi connectivity index (χ1n) is 13.4. The van der Waals surface area contributed by atoms with Gasteiger partial charge in [0.2, 0.25) is 5.91 Å². The van der Waals surface area contributed by atoms with Crippen LogP contribution in [0.25, 0.3) is 0 Å². The van der Waals surface area contributed by atoms with Crippen LogP contribution in [0.2, 0.25) is 0 Å². The molecule has 1 aromatic heterocycles. The predicted octanol–water partition coefficient (Wildman–Crippen LogP) is 5.94. The lowest BCUT2D eigenvalue weighted by molar-refractivity contribution is -0.135. The average molecular weight is 533 g/mol. The number of methoxy groups -OCH3 is 1. The SMILES string of the molecule is COc1ccc(C(=O)N(CC(=O)N2CCc3sccc3C2COc2ccc(C(C)C)cc2)CC2CC2)cc1. The second-order valence-electron chi connectivity index (χ2n) is 10.5. The maximum absolute atomic E-state index is 13.8. The van der Waals surface area contributed by atoms with Crippen LogP contribution in [0.4, 0.5) is 0 Å². The number of fused-ring (bicyclic) bond motifs is 1. The van der Waals surface area contributed by atoms with Crippen molar-refractivity contribution in [3.8, 4) is 11.5 Å². The zero-order chi connectivity index (χ0) is 26.6. The summed E-state index contributed by atoms with van der Waals surface area (Å²) >= 11 is 1.74. The Balaban J connectivity index is 1.31. The number of hydrogen-bond acceptors (Lipinski definition) is 5. The van der Waals surface area contributed by atoms with Gasteiger partial charge in [-0.2, -0.15) is 0 Å². The van der Waals surface area contributed by atoms with Crippen molar-refractivity contribution < 1.29 is 19.1 Å². The molecule has 200 valence electrons. The van der Waals surface area contributed by atoms with E-state index in [4.69, 9.17) is 9.47 Å². The molecule has 0 N–H and O–H groups in total. The monoisotopic (exact) mass is 532 g/mol. The summed E-state index contributed by atoms with van der Waals surface area (Å²) in [7, 11) is 1.60. The van der Waals surface area contributed by atoms with Crippen LogP contribution >= 0.6 is 11.3 Å². The summed E-state index contributed by atoms with van der Waals surface area (Å²) < 4.78 is 11.5. The molecule has 5 rings (SSSR count). The van der Waals surface area contributed by atoms with E-state index in [1.165, 1.54) is 10.4 Å². The minimum atomic E-state index is -0.180. The van der Waals surface area contributed by atoms with Crippen LogP contribution in [0, 0.1) is 5.92 Å². The fraction of sp³-hybridized carbons (Fsp3) is 0.419. The van der Waals surface area contributed by atoms with Gasteiger partial charge in [-0.05, 0) is 90.1 Å². The maximum atomic E-state index is 13.8. The number of carbonyl (C=O) groups is 2. The molecule has 0 bridgehead atoms. The average Bonchev–Trinajstić information content (AvgIpc) is 3.63. The molecular weight excluding hydrogens is 496 g/mol. The molecule has 1 aliphatic heterocycles. The summed E-state index contributed by atoms with van der Waals surface area (Å²) in [6.45, 7) is 6.03. The lowest BCUT2D eigenvalue weighted by Crippen LogP contribution is -2.48. The number of carbonyl (C=O) groups excluding carboxylic acids is 2. The summed E-state index contributed by atoms with van der Waals surface area (Å²) in [4.78, 5) is 32.2. The van der Waals surface area contributed by atoms with E-state index in [-0.39, 0.29) is 24.4 Å². The van der Waals surface area contributed by atoms with Crippen molar-refractivity contribution in [2.24, 2.45) is 5.92 Å². The summed E-state index contributed by atoms with van der Waals surface area (Å²) in [6, 6.07) is 17.2. The topological polar surface area (TPSA) is 59.1 Å². The van der Waals surface area contributed by atoms with Gasteiger partial charge in [0.1, 0.15) is 24.7 Å². The Bertz CT molecular complexity index is 1250. The minimum Gasteiger partial charge on any atom is -0.497 e. The zero-order valence-electron chi connectivity index (χ0n) is 22.4. The molecule has 2 amide bonds. The molecule has 0 spiro atoms. The van der Waals surface area contributed by atoms with Gasteiger partial charge in [0, 0.05) is 23.5 Å². The van der Waals surface area contributed by atoms with Gasteiger partial charge in [-0.25, -0.2) is 0 Å². The molecule has 1 unspecified atom stereocenters. The first-order valence-corrected chi connectivity index (χ1v) is 14.3. The number of ether oxygens (including phenoxy) is 2. The molecule has 1 aliphatic carbocycles. The fourth-order valence-electron chi connectivity index (χ4n) is 5.00. The third-order valence-electron chi connectivity index (χ3n) is 7.50. The van der Waals surface area contributed by atoms with Crippen LogP contribution < -0.4 is 9.47 Å². The third kappa shape index (κ3) is 6.04. The Morgan fingerprint density at radius 1 is 1.03 bits per heavy atom. The zero-order valence-corrected chi connectivity index (χ0v) is 23.2. The van der Waals surface area contributed by atoms with Gasteiger partial charge >= 0.3 is 0 Å². The van der Waals surface area contributed by atoms with Crippen molar-refractivity contribution in [2.45, 2.75) is 45.1 Å². The van der Waals surface area contributed by atoms with Gasteiger partial charge in [-0.1, -0.05) is 26.0 Å². The van der Waals surface area contributed by atoms with Gasteiger partial charge < -0.3 is 19.3 Å². The molecular formula is C31H36N2O4S. The second kappa shape index (κ2) is 11.6. The van der Waals surface area contributed by atoms with E-state index in [0.29, 0.717) is 42.8 Å². The minimum absolute atomic E-state index is 0.0342. The van der Waals surface area contributed by atoms with E-state index in [1.54, 1.807) is 47.6 Å². The molecule has 3 aromatic rings. The summed E-state index contributed by atoms with van der Waals surface area (Å²) in [5.41, 5.74) is 3.00. The van der Waals surface area contributed by atoms with E-state index >= 15 is 0 Å². The highest BCUT2D eigenvalue weighted by Gasteiger charge is 2.35. The van der Waals surface area contributed by atoms with Crippen LogP contribution in [0.15, 0.2) is 60.0 Å². The smallest absolute Gasteiger partial charge is 0.254 e. The lowest BCUT2D eigenvalue weighted by atomic mass is 10.00. The third-order valence-corrected chi connectivity index (χ3v) is 8.49. The molecule has 2 aromatic carbocycles. The van der Waals surface area contributed by atoms with Crippen molar-refractivity contribution in [1.82, 2.24) is 9.80 Å². The summed E-state index contributed by atoms with van der Waals surface area (Å²) in [6.07, 6.45) is 3.04. The Morgan fingerprint density at radius 3 is 2.39 bits per heavy atom. The summed E-state index contributed by atoms with van der Waals surface area (Å²) in [5.74, 6) is 2.29. The normalized spacial score (nSPS) is 16.7. The molecule has 1 atom stereocenters. The van der Waals surface area contributed by atoms with Gasteiger partial charge in [0.25, 0.3) is 5.91 Å². The first kappa shape index (κ1) is 26.3. The van der Waals surface area contributed by atoms with Gasteiger partial charge in [-0.15, -0.1) is 11.3 Å². The largest absolute Gasteiger partial charge is 0.497 e. The van der Waals surface area contributed by atoms with Crippen molar-refractivity contribution in [3.63, 3.8) is 0 Å². The highest BCUT2D eigenvalue weighted by molar-refractivity contribution is 7.10. The van der Waals surface area contributed by atoms with Crippen LogP contribution in [-0.2, 0) is 11.2 Å². The van der Waals surface area contributed by atoms with Crippen LogP contribution in [0.1, 0.15) is 65.0 Å². The van der Waals surface area contributed by atoms with Crippen molar-refractivity contribution >= 4 is 23.2 Å². The van der Waals surface area contributed by atoms with E-state index in [0.717, 1.165) is 30.6 Å². The quantitative estimate of drug-likeness (QED) is 0.324. The molecule has 0 saturated heterocycles. The van der Waals surface area contributed by atoms with E-state index < -0.39 is 0 Å². The highest BCUT2D eigenvalue weighted by Crippen LogP contribution is 2.35. The number of hydrogen-bond donors (Lipinski definition) is 0. The fourth-order valence-corrected chi connectivity index (χ4v) is 5.93. The first-order chi connectivity index (χ1) is 18.4. The standard InChI is InChI=1S/C31H36N2O4S/c1-21(2)23-6-12-26(13-7-23)37-20-28-27-15-17-38-29(27)14-16-33(28)30(34)19-32(18-22-4-5-22)31(35)24-8-10-25(36-3)11-9-24/h6-13,15,17,21-22,28H,4-5,14,16,18-20H2,1-3H3. The van der Waals surface area contributed by atoms with Crippen molar-refractivity contribution in [2.75, 3.05) is 33.4 Å². The molecule has 2 heterocycles. The van der Waals surface area contributed by atoms with E-state index in [9.17, 15) is 9.59 Å². The van der Waals surface area contributed by atoms with Crippen molar-refractivity contribution in [3.05, 3.63) is 81.5 Å². The number of nitrogens with zero attached hydrogens (tertiary/aromatic N) is 2. The Morgan fingerprint density at radius 2 is 1.74 bits per heavy atom. The molecule has 0 radical (unpaired) electrons. The maximum Gasteiger partial charge on any atom is 0.254 e. The Kier molecular flexibility index (Phi) is 8.03. The van der Waals surface area contributed by atoms with Crippen molar-refractivity contribution in [1.29, 1.82) is 0 Å². The van der Waals surface area contributed by atoms with E-state index in [1.807, 2.05) is 17.0 Å². The highest BCUT2D eigenvalue weighted by atomic mass is 32.1. The van der Waals surface area contributed by atoms with Gasteiger partial charge in [-0.3, -0.25) is 9.59 Å². The van der Waals surface area contributed by atoms with Crippen LogP contribution in [0.5, 0.6) is 11.5 Å². The molecule has 1 fully saturated rings. The van der Waals surface area contributed by atoms with Crippen LogP contribution in [-0.4, -0.2) is 55.0 Å². The molecule has 1 saturated carbocycles. The Labute approximate surface area is 229 Å². The number of amides is 2. The molecule has 2 aliphatic rings. The van der Waals surface area contributed by atoms with Gasteiger partial charge in [0.05, 0.1) is 13.2 Å². The lowest BCUT2D eigenvalue weighted by Gasteiger charge is -2.37. The molecule has 38 heavy (non-hydrogen) atoms.